The van der Waals surface area contributed by atoms with Crippen LogP contribution in [-0.2, 0) is 14.3 Å². The standard InChI is InChI=1S/C16H12FNO3S/c1-21-16(20)13(7-19)15-4-9(8-22-15)12-6-18-14-3-2-10(17)5-11(12)14/h2-8,13,18H,1H3. The first-order valence-electron chi connectivity index (χ1n) is 6.52. The molecule has 2 heterocycles. The van der Waals surface area contributed by atoms with Crippen molar-refractivity contribution in [2.45, 2.75) is 5.92 Å². The minimum absolute atomic E-state index is 0.316. The lowest BCUT2D eigenvalue weighted by Crippen LogP contribution is -2.14. The minimum Gasteiger partial charge on any atom is -0.468 e. The van der Waals surface area contributed by atoms with E-state index in [2.05, 4.69) is 9.72 Å². The highest BCUT2D eigenvalue weighted by atomic mass is 32.1. The van der Waals surface area contributed by atoms with E-state index in [0.29, 0.717) is 11.2 Å². The number of rotatable bonds is 4. The average molecular weight is 317 g/mol. The zero-order valence-electron chi connectivity index (χ0n) is 11.6. The van der Waals surface area contributed by atoms with Gasteiger partial charge in [-0.25, -0.2) is 4.39 Å². The van der Waals surface area contributed by atoms with Crippen LogP contribution in [0, 0.1) is 5.82 Å². The molecule has 0 aliphatic carbocycles. The molecule has 0 saturated carbocycles. The van der Waals surface area contributed by atoms with Crippen LogP contribution in [0.25, 0.3) is 22.0 Å². The maximum absolute atomic E-state index is 13.4. The van der Waals surface area contributed by atoms with E-state index in [9.17, 15) is 14.0 Å². The number of esters is 1. The summed E-state index contributed by atoms with van der Waals surface area (Å²) in [6, 6.07) is 6.27. The molecule has 4 nitrogen and oxygen atoms in total. The van der Waals surface area contributed by atoms with Crippen LogP contribution in [0.5, 0.6) is 0 Å². The van der Waals surface area contributed by atoms with E-state index in [4.69, 9.17) is 0 Å². The minimum atomic E-state index is -0.925. The largest absolute Gasteiger partial charge is 0.468 e. The normalized spacial score (nSPS) is 12.3. The number of aromatic nitrogens is 1. The Morgan fingerprint density at radius 3 is 2.95 bits per heavy atom. The zero-order valence-corrected chi connectivity index (χ0v) is 12.4. The highest BCUT2D eigenvalue weighted by Crippen LogP contribution is 2.34. The highest BCUT2D eigenvalue weighted by Gasteiger charge is 2.23. The first-order chi connectivity index (χ1) is 10.6. The predicted molar refractivity (Wildman–Crippen MR) is 82.4 cm³/mol. The topological polar surface area (TPSA) is 59.2 Å². The third-order valence-electron chi connectivity index (χ3n) is 3.47. The first-order valence-corrected chi connectivity index (χ1v) is 7.40. The van der Waals surface area contributed by atoms with Crippen LogP contribution in [0.2, 0.25) is 0 Å². The van der Waals surface area contributed by atoms with E-state index in [1.165, 1.54) is 30.6 Å². The summed E-state index contributed by atoms with van der Waals surface area (Å²) >= 11 is 1.30. The molecule has 112 valence electrons. The summed E-state index contributed by atoms with van der Waals surface area (Å²) in [6.45, 7) is 0. The maximum atomic E-state index is 13.4. The Morgan fingerprint density at radius 1 is 1.41 bits per heavy atom. The number of carbonyl (C=O) groups is 2. The molecule has 1 N–H and O–H groups in total. The molecule has 0 aliphatic heterocycles. The zero-order chi connectivity index (χ0) is 15.7. The Hall–Kier alpha value is -2.47. The molecule has 0 fully saturated rings. The third-order valence-corrected chi connectivity index (χ3v) is 4.49. The molecule has 0 saturated heterocycles. The molecule has 1 aromatic carbocycles. The van der Waals surface area contributed by atoms with Crippen molar-refractivity contribution >= 4 is 34.5 Å². The van der Waals surface area contributed by atoms with Crippen molar-refractivity contribution in [2.24, 2.45) is 0 Å². The molecule has 6 heteroatoms. The van der Waals surface area contributed by atoms with Gasteiger partial charge in [0.25, 0.3) is 0 Å². The van der Waals surface area contributed by atoms with Gasteiger partial charge in [0.1, 0.15) is 18.0 Å². The van der Waals surface area contributed by atoms with Gasteiger partial charge in [-0.2, -0.15) is 0 Å². The quantitative estimate of drug-likeness (QED) is 0.455. The Morgan fingerprint density at radius 2 is 2.23 bits per heavy atom. The second-order valence-electron chi connectivity index (χ2n) is 4.77. The van der Waals surface area contributed by atoms with Gasteiger partial charge in [-0.3, -0.25) is 4.79 Å². The number of fused-ring (bicyclic) bond motifs is 1. The van der Waals surface area contributed by atoms with E-state index in [0.717, 1.165) is 22.0 Å². The summed E-state index contributed by atoms with van der Waals surface area (Å²) in [5.41, 5.74) is 2.48. The summed E-state index contributed by atoms with van der Waals surface area (Å²) < 4.78 is 18.1. The first kappa shape index (κ1) is 14.5. The Labute approximate surface area is 129 Å². The Bertz CT molecular complexity index is 852. The maximum Gasteiger partial charge on any atom is 0.321 e. The number of hydrogen-bond donors (Lipinski definition) is 1. The molecule has 0 radical (unpaired) electrons. The molecule has 0 spiro atoms. The molecule has 2 aromatic heterocycles. The molecule has 3 aromatic rings. The SMILES string of the molecule is COC(=O)C(C=O)c1cc(-c2c[nH]c3ccc(F)cc23)cs1. The Kier molecular flexibility index (Phi) is 3.77. The molecule has 0 bridgehead atoms. The number of benzene rings is 1. The van der Waals surface area contributed by atoms with Crippen molar-refractivity contribution in [1.82, 2.24) is 4.98 Å². The fraction of sp³-hybridized carbons (Fsp3) is 0.125. The van der Waals surface area contributed by atoms with Gasteiger partial charge in [0.2, 0.25) is 0 Å². The predicted octanol–water partition coefficient (Wildman–Crippen LogP) is 3.49. The molecule has 1 unspecified atom stereocenters. The van der Waals surface area contributed by atoms with E-state index in [-0.39, 0.29) is 5.82 Å². The molecule has 3 rings (SSSR count). The van der Waals surface area contributed by atoms with Gasteiger partial charge in [-0.1, -0.05) is 0 Å². The van der Waals surface area contributed by atoms with Crippen molar-refractivity contribution in [1.29, 1.82) is 0 Å². The smallest absolute Gasteiger partial charge is 0.321 e. The summed E-state index contributed by atoms with van der Waals surface area (Å²) in [7, 11) is 1.25. The van der Waals surface area contributed by atoms with Crippen LogP contribution in [0.3, 0.4) is 0 Å². The Balaban J connectivity index is 2.04. The number of carbonyl (C=O) groups excluding carboxylic acids is 2. The van der Waals surface area contributed by atoms with Gasteiger partial charge in [-0.05, 0) is 35.2 Å². The number of ether oxygens (including phenoxy) is 1. The fourth-order valence-corrected chi connectivity index (χ4v) is 3.31. The summed E-state index contributed by atoms with van der Waals surface area (Å²) in [4.78, 5) is 26.4. The van der Waals surface area contributed by atoms with Crippen LogP contribution >= 0.6 is 11.3 Å². The number of thiophene rings is 1. The van der Waals surface area contributed by atoms with Crippen molar-refractivity contribution in [2.75, 3.05) is 7.11 Å². The van der Waals surface area contributed by atoms with Crippen molar-refractivity contribution in [3.05, 3.63) is 46.5 Å². The lowest BCUT2D eigenvalue weighted by atomic mass is 10.0. The van der Waals surface area contributed by atoms with Gasteiger partial charge >= 0.3 is 5.97 Å². The van der Waals surface area contributed by atoms with Gasteiger partial charge < -0.3 is 14.5 Å². The fourth-order valence-electron chi connectivity index (χ4n) is 2.35. The second kappa shape index (κ2) is 5.73. The monoisotopic (exact) mass is 317 g/mol. The van der Waals surface area contributed by atoms with E-state index < -0.39 is 11.9 Å². The summed E-state index contributed by atoms with van der Waals surface area (Å²) in [6.07, 6.45) is 2.35. The number of aromatic amines is 1. The average Bonchev–Trinajstić information content (AvgIpc) is 3.14. The summed E-state index contributed by atoms with van der Waals surface area (Å²) in [5, 5.41) is 2.59. The van der Waals surface area contributed by atoms with E-state index >= 15 is 0 Å². The van der Waals surface area contributed by atoms with Crippen LogP contribution in [0.1, 0.15) is 10.8 Å². The van der Waals surface area contributed by atoms with Crippen LogP contribution in [0.4, 0.5) is 4.39 Å². The summed E-state index contributed by atoms with van der Waals surface area (Å²) in [5.74, 6) is -1.83. The van der Waals surface area contributed by atoms with Gasteiger partial charge in [0.15, 0.2) is 0 Å². The van der Waals surface area contributed by atoms with E-state index in [1.54, 1.807) is 18.3 Å². The molecular weight excluding hydrogens is 305 g/mol. The number of methoxy groups -OCH3 is 1. The molecule has 0 amide bonds. The lowest BCUT2D eigenvalue weighted by molar-refractivity contribution is -0.143. The van der Waals surface area contributed by atoms with Crippen molar-refractivity contribution in [3.8, 4) is 11.1 Å². The van der Waals surface area contributed by atoms with Crippen molar-refractivity contribution in [3.63, 3.8) is 0 Å². The third kappa shape index (κ3) is 2.42. The van der Waals surface area contributed by atoms with Crippen molar-refractivity contribution < 1.29 is 18.7 Å². The van der Waals surface area contributed by atoms with E-state index in [1.807, 2.05) is 5.38 Å². The number of halogens is 1. The second-order valence-corrected chi connectivity index (χ2v) is 5.71. The van der Waals surface area contributed by atoms with Gasteiger partial charge in [0, 0.05) is 27.5 Å². The molecule has 1 atom stereocenters. The number of H-pyrrole nitrogens is 1. The number of hydrogen-bond acceptors (Lipinski definition) is 4. The van der Waals surface area contributed by atoms with Gasteiger partial charge in [-0.15, -0.1) is 11.3 Å². The van der Waals surface area contributed by atoms with Crippen LogP contribution in [0.15, 0.2) is 35.8 Å². The van der Waals surface area contributed by atoms with Gasteiger partial charge in [0.05, 0.1) is 7.11 Å². The molecule has 22 heavy (non-hydrogen) atoms. The molecular formula is C16H12FNO3S. The highest BCUT2D eigenvalue weighted by molar-refractivity contribution is 7.10. The number of nitrogens with one attached hydrogen (secondary N) is 1. The van der Waals surface area contributed by atoms with Crippen LogP contribution in [-0.4, -0.2) is 24.3 Å². The number of aldehydes is 1. The van der Waals surface area contributed by atoms with Crippen LogP contribution < -0.4 is 0 Å². The molecule has 0 aliphatic rings. The lowest BCUT2D eigenvalue weighted by Gasteiger charge is -2.04.